The molecule has 0 spiro atoms. The molecule has 0 aliphatic heterocycles. The maximum absolute atomic E-state index is 11.1. The average molecular weight is 399 g/mol. The summed E-state index contributed by atoms with van der Waals surface area (Å²) in [5.74, 6) is 0.0264. The molecule has 1 aliphatic rings. The van der Waals surface area contributed by atoms with Crippen LogP contribution in [0.25, 0.3) is 0 Å². The number of hydrogen-bond acceptors (Lipinski definition) is 4. The molecule has 27 heavy (non-hydrogen) atoms. The smallest absolute Gasteiger partial charge is 0.305 e. The number of allylic oxidation sites excluding steroid dienone is 1. The summed E-state index contributed by atoms with van der Waals surface area (Å²) in [6, 6.07) is 0. The molecule has 1 aliphatic carbocycles. The van der Waals surface area contributed by atoms with Crippen LogP contribution >= 0.6 is 11.6 Å². The highest BCUT2D eigenvalue weighted by Crippen LogP contribution is 2.39. The normalized spacial score (nSPS) is 27.2. The van der Waals surface area contributed by atoms with Crippen molar-refractivity contribution in [2.75, 3.05) is 7.11 Å². The third-order valence-electron chi connectivity index (χ3n) is 5.34. The minimum atomic E-state index is -0.493. The van der Waals surface area contributed by atoms with Gasteiger partial charge < -0.3 is 14.9 Å². The van der Waals surface area contributed by atoms with Gasteiger partial charge in [-0.05, 0) is 49.7 Å². The first-order valence-electron chi connectivity index (χ1n) is 10.0. The number of aliphatic hydroxyl groups excluding tert-OH is 2. The fourth-order valence-electron chi connectivity index (χ4n) is 3.46. The molecule has 5 heteroatoms. The third-order valence-corrected chi connectivity index (χ3v) is 5.84. The van der Waals surface area contributed by atoms with Gasteiger partial charge in [0.1, 0.15) is 0 Å². The number of rotatable bonds is 11. The molecule has 0 heterocycles. The second-order valence-electron chi connectivity index (χ2n) is 7.48. The minimum absolute atomic E-state index is 0.0614. The summed E-state index contributed by atoms with van der Waals surface area (Å²) in [6.07, 6.45) is 11.9. The number of hydrogen-bond donors (Lipinski definition) is 2. The number of esters is 1. The maximum atomic E-state index is 11.1. The van der Waals surface area contributed by atoms with Crippen LogP contribution in [0.5, 0.6) is 0 Å². The number of aliphatic hydroxyl groups is 2. The van der Waals surface area contributed by atoms with E-state index in [9.17, 15) is 15.0 Å². The fourth-order valence-corrected chi connectivity index (χ4v) is 3.91. The van der Waals surface area contributed by atoms with Crippen molar-refractivity contribution in [2.45, 2.75) is 76.4 Å². The van der Waals surface area contributed by atoms with Crippen LogP contribution in [-0.4, -0.2) is 40.9 Å². The molecule has 2 N–H and O–H groups in total. The summed E-state index contributed by atoms with van der Waals surface area (Å²) < 4.78 is 4.59. The topological polar surface area (TPSA) is 66.8 Å². The lowest BCUT2D eigenvalue weighted by atomic mass is 9.89. The zero-order chi connectivity index (χ0) is 20.2. The Morgan fingerprint density at radius 1 is 1.41 bits per heavy atom. The summed E-state index contributed by atoms with van der Waals surface area (Å²) in [4.78, 5) is 11.1. The van der Waals surface area contributed by atoms with Crippen LogP contribution < -0.4 is 0 Å². The lowest BCUT2D eigenvalue weighted by Gasteiger charge is -2.20. The maximum Gasteiger partial charge on any atom is 0.305 e. The molecule has 4 nitrogen and oxygen atoms in total. The molecular formula is C22H35ClO4. The summed E-state index contributed by atoms with van der Waals surface area (Å²) >= 11 is 6.44. The number of methoxy groups -OCH3 is 1. The number of carbonyl (C=O) groups is 1. The highest BCUT2D eigenvalue weighted by molar-refractivity contribution is 6.21. The number of unbranched alkanes of at least 4 members (excludes halogenated alkanes) is 1. The Hall–Kier alpha value is -1.06. The van der Waals surface area contributed by atoms with E-state index >= 15 is 0 Å². The van der Waals surface area contributed by atoms with Crippen molar-refractivity contribution in [1.82, 2.24) is 0 Å². The van der Waals surface area contributed by atoms with Crippen molar-refractivity contribution in [2.24, 2.45) is 17.8 Å². The van der Waals surface area contributed by atoms with E-state index in [4.69, 9.17) is 11.6 Å². The van der Waals surface area contributed by atoms with Gasteiger partial charge in [0.05, 0.1) is 19.3 Å². The summed E-state index contributed by atoms with van der Waals surface area (Å²) in [5.41, 5.74) is 3.08. The summed E-state index contributed by atoms with van der Waals surface area (Å²) in [6.45, 7) is 4.20. The van der Waals surface area contributed by atoms with Crippen molar-refractivity contribution in [3.05, 3.63) is 30.0 Å². The van der Waals surface area contributed by atoms with Gasteiger partial charge >= 0.3 is 5.97 Å². The highest BCUT2D eigenvalue weighted by atomic mass is 35.5. The third kappa shape index (κ3) is 8.66. The molecule has 0 aromatic rings. The molecule has 1 fully saturated rings. The summed E-state index contributed by atoms with van der Waals surface area (Å²) in [5, 5.41) is 20.6. The van der Waals surface area contributed by atoms with E-state index < -0.39 is 12.2 Å². The Morgan fingerprint density at radius 2 is 2.15 bits per heavy atom. The van der Waals surface area contributed by atoms with E-state index in [0.29, 0.717) is 25.7 Å². The standard InChI is InChI=1S/C22H35ClO4/c1-4-5-10-16(2)20(24)14-13-18-17(19(23)15-21(18)25)11-8-6-7-9-12-22(26)27-3/h7-8,13-14,16-21,24-25H,4-5,9-12,15H2,1-3H3/b14-13+/t6?,16?,17-,18-,19-,20-,21-/m1/s1. The zero-order valence-corrected chi connectivity index (χ0v) is 17.6. The van der Waals surface area contributed by atoms with E-state index in [-0.39, 0.29) is 29.1 Å². The molecule has 0 aromatic heterocycles. The first-order chi connectivity index (χ1) is 12.9. The van der Waals surface area contributed by atoms with E-state index in [1.54, 1.807) is 0 Å². The van der Waals surface area contributed by atoms with Crippen LogP contribution in [0.15, 0.2) is 30.0 Å². The van der Waals surface area contributed by atoms with Crippen LogP contribution in [0.3, 0.4) is 0 Å². The minimum Gasteiger partial charge on any atom is -0.469 e. The van der Waals surface area contributed by atoms with Crippen molar-refractivity contribution < 1.29 is 19.7 Å². The van der Waals surface area contributed by atoms with Crippen LogP contribution in [0.4, 0.5) is 0 Å². The number of alkyl halides is 1. The van der Waals surface area contributed by atoms with Gasteiger partial charge in [-0.3, -0.25) is 4.79 Å². The zero-order valence-electron chi connectivity index (χ0n) is 16.8. The van der Waals surface area contributed by atoms with E-state index in [2.05, 4.69) is 24.3 Å². The second-order valence-corrected chi connectivity index (χ2v) is 8.04. The van der Waals surface area contributed by atoms with Gasteiger partial charge in [0.2, 0.25) is 0 Å². The molecule has 0 bridgehead atoms. The first-order valence-corrected chi connectivity index (χ1v) is 10.5. The average Bonchev–Trinajstić information content (AvgIpc) is 2.92. The predicted molar refractivity (Wildman–Crippen MR) is 110 cm³/mol. The van der Waals surface area contributed by atoms with Gasteiger partial charge in [-0.2, -0.15) is 0 Å². The van der Waals surface area contributed by atoms with E-state index in [1.165, 1.54) is 7.11 Å². The number of ether oxygens (including phenoxy) is 1. The van der Waals surface area contributed by atoms with Crippen LogP contribution in [-0.2, 0) is 9.53 Å². The van der Waals surface area contributed by atoms with Crippen molar-refractivity contribution in [3.63, 3.8) is 0 Å². The molecule has 6 atom stereocenters. The molecule has 0 amide bonds. The monoisotopic (exact) mass is 398 g/mol. The van der Waals surface area contributed by atoms with Crippen molar-refractivity contribution in [3.8, 4) is 0 Å². The Kier molecular flexibility index (Phi) is 11.7. The van der Waals surface area contributed by atoms with Crippen LogP contribution in [0, 0.1) is 17.8 Å². The molecule has 1 saturated carbocycles. The summed E-state index contributed by atoms with van der Waals surface area (Å²) in [7, 11) is 1.38. The predicted octanol–water partition coefficient (Wildman–Crippen LogP) is 4.39. The lowest BCUT2D eigenvalue weighted by molar-refractivity contribution is -0.140. The molecular weight excluding hydrogens is 364 g/mol. The quantitative estimate of drug-likeness (QED) is 0.234. The molecule has 0 radical (unpaired) electrons. The Labute approximate surface area is 168 Å². The van der Waals surface area contributed by atoms with Gasteiger partial charge in [0, 0.05) is 17.7 Å². The highest BCUT2D eigenvalue weighted by Gasteiger charge is 2.39. The Balaban J connectivity index is 2.60. The van der Waals surface area contributed by atoms with E-state index in [0.717, 1.165) is 19.3 Å². The van der Waals surface area contributed by atoms with Crippen molar-refractivity contribution in [1.29, 1.82) is 0 Å². The number of halogens is 1. The SMILES string of the molecule is CCCCC(C)[C@H](O)/C=C/[C@@H]1[C@@H](CC=C=CCCC(=O)OC)[C@H](Cl)C[C@H]1O. The molecule has 154 valence electrons. The second kappa shape index (κ2) is 13.2. The van der Waals surface area contributed by atoms with E-state index in [1.807, 2.05) is 24.3 Å². The largest absolute Gasteiger partial charge is 0.469 e. The Morgan fingerprint density at radius 3 is 2.81 bits per heavy atom. The molecule has 1 rings (SSSR count). The van der Waals surface area contributed by atoms with Gasteiger partial charge in [-0.25, -0.2) is 0 Å². The number of carbonyl (C=O) groups excluding carboxylic acids is 1. The van der Waals surface area contributed by atoms with Gasteiger partial charge in [-0.15, -0.1) is 17.3 Å². The van der Waals surface area contributed by atoms with Crippen LogP contribution in [0.2, 0.25) is 0 Å². The molecule has 0 aromatic carbocycles. The first kappa shape index (κ1) is 24.0. The molecule has 0 saturated heterocycles. The van der Waals surface area contributed by atoms with Crippen molar-refractivity contribution >= 4 is 17.6 Å². The fraction of sp³-hybridized carbons (Fsp3) is 0.727. The van der Waals surface area contributed by atoms with Crippen LogP contribution in [0.1, 0.15) is 58.8 Å². The Bertz CT molecular complexity index is 524. The van der Waals surface area contributed by atoms with Gasteiger partial charge in [-0.1, -0.05) is 38.8 Å². The lowest BCUT2D eigenvalue weighted by Crippen LogP contribution is -2.20. The van der Waals surface area contributed by atoms with Gasteiger partial charge in [0.15, 0.2) is 0 Å². The van der Waals surface area contributed by atoms with Gasteiger partial charge in [0.25, 0.3) is 0 Å². The molecule has 1 unspecified atom stereocenters.